The number of aromatic carboxylic acids is 1. The number of Topliss-reactive ketones (excluding diaryl/α,β-unsaturated/α-hetero) is 1. The molecule has 0 aliphatic carbocycles. The van der Waals surface area contributed by atoms with Gasteiger partial charge in [0.25, 0.3) is 0 Å². The van der Waals surface area contributed by atoms with E-state index >= 15 is 0 Å². The molecule has 2 N–H and O–H groups in total. The zero-order chi connectivity index (χ0) is 15.7. The summed E-state index contributed by atoms with van der Waals surface area (Å²) >= 11 is 0. The van der Waals surface area contributed by atoms with Crippen LogP contribution < -0.4 is 17.4 Å². The van der Waals surface area contributed by atoms with Gasteiger partial charge in [-0.25, -0.2) is 9.18 Å². The highest BCUT2D eigenvalue weighted by Gasteiger charge is 2.25. The summed E-state index contributed by atoms with van der Waals surface area (Å²) in [5.41, 5.74) is 1.53. The van der Waals surface area contributed by atoms with Gasteiger partial charge in [-0.15, -0.1) is 0 Å². The molecular weight excluding hydrogens is 323 g/mol. The Morgan fingerprint density at radius 3 is 2.70 bits per heavy atom. The summed E-state index contributed by atoms with van der Waals surface area (Å²) < 4.78 is 13.4. The van der Waals surface area contributed by atoms with Crippen molar-refractivity contribution < 1.29 is 36.5 Å². The lowest BCUT2D eigenvalue weighted by Gasteiger charge is -2.18. The average molecular weight is 335 g/mol. The van der Waals surface area contributed by atoms with Crippen LogP contribution in [0.2, 0.25) is 0 Å². The number of fused-ring (bicyclic) bond motifs is 1. The molecule has 0 fully saturated rings. The van der Waals surface area contributed by atoms with E-state index in [1.54, 1.807) is 24.3 Å². The molecule has 0 aromatic heterocycles. The number of nitrogens with one attached hydrogen (secondary N) is 1. The number of para-hydroxylation sites is 1. The van der Waals surface area contributed by atoms with Crippen molar-refractivity contribution in [1.82, 2.24) is 0 Å². The smallest absolute Gasteiger partial charge is 0.338 e. The monoisotopic (exact) mass is 334 g/mol. The molecular formula is C16H12ClFN2O3. The van der Waals surface area contributed by atoms with Crippen LogP contribution in [0.1, 0.15) is 26.3 Å². The predicted molar refractivity (Wildman–Crippen MR) is 77.0 cm³/mol. The third-order valence-electron chi connectivity index (χ3n) is 3.47. The van der Waals surface area contributed by atoms with E-state index in [9.17, 15) is 14.0 Å². The maximum Gasteiger partial charge on any atom is 0.338 e. The van der Waals surface area contributed by atoms with Crippen LogP contribution in [-0.4, -0.2) is 23.1 Å². The fraction of sp³-hybridized carbons (Fsp3) is 0.0625. The van der Waals surface area contributed by atoms with Crippen molar-refractivity contribution in [2.24, 2.45) is 5.10 Å². The van der Waals surface area contributed by atoms with Gasteiger partial charge >= 0.3 is 5.97 Å². The van der Waals surface area contributed by atoms with Crippen LogP contribution in [0.25, 0.3) is 0 Å². The molecule has 0 spiro atoms. The lowest BCUT2D eigenvalue weighted by Crippen LogP contribution is -3.01. The van der Waals surface area contributed by atoms with Gasteiger partial charge in [-0.2, -0.15) is 5.01 Å². The minimum Gasteiger partial charge on any atom is -1.00 e. The molecule has 118 valence electrons. The van der Waals surface area contributed by atoms with E-state index in [2.05, 4.69) is 5.10 Å². The van der Waals surface area contributed by atoms with Crippen LogP contribution in [0, 0.1) is 5.82 Å². The van der Waals surface area contributed by atoms with Gasteiger partial charge in [-0.1, -0.05) is 23.3 Å². The van der Waals surface area contributed by atoms with E-state index in [0.717, 1.165) is 11.8 Å². The number of hydrogen-bond donors (Lipinski definition) is 2. The zero-order valence-corrected chi connectivity index (χ0v) is 12.5. The molecule has 3 rings (SSSR count). The molecule has 2 aromatic rings. The summed E-state index contributed by atoms with van der Waals surface area (Å²) in [5.74, 6) is -2.25. The maximum atomic E-state index is 13.4. The molecule has 1 aliphatic rings. The van der Waals surface area contributed by atoms with Crippen molar-refractivity contribution >= 4 is 23.7 Å². The summed E-state index contributed by atoms with van der Waals surface area (Å²) in [6, 6.07) is 11.0. The normalized spacial score (nSPS) is 15.7. The Balaban J connectivity index is 0.00000192. The van der Waals surface area contributed by atoms with Crippen molar-refractivity contribution in [2.45, 2.75) is 6.54 Å². The zero-order valence-electron chi connectivity index (χ0n) is 11.8. The second kappa shape index (κ2) is 6.68. The molecule has 1 atom stereocenters. The summed E-state index contributed by atoms with van der Waals surface area (Å²) in [4.78, 5) is 22.8. The number of benzene rings is 2. The Kier molecular flexibility index (Phi) is 4.88. The Morgan fingerprint density at radius 2 is 1.96 bits per heavy atom. The van der Waals surface area contributed by atoms with Crippen LogP contribution in [0.15, 0.2) is 47.6 Å². The Bertz CT molecular complexity index is 808. The van der Waals surface area contributed by atoms with Gasteiger partial charge in [0.15, 0.2) is 5.69 Å². The quantitative estimate of drug-likeness (QED) is 0.712. The van der Waals surface area contributed by atoms with Gasteiger partial charge < -0.3 is 17.5 Å². The van der Waals surface area contributed by atoms with E-state index < -0.39 is 11.8 Å². The van der Waals surface area contributed by atoms with E-state index in [0.29, 0.717) is 22.7 Å². The van der Waals surface area contributed by atoms with Gasteiger partial charge in [0, 0.05) is 11.6 Å². The minimum atomic E-state index is -1.31. The van der Waals surface area contributed by atoms with E-state index in [-0.39, 0.29) is 23.8 Å². The molecule has 5 nitrogen and oxygen atoms in total. The molecule has 0 saturated heterocycles. The van der Waals surface area contributed by atoms with Crippen molar-refractivity contribution in [3.05, 3.63) is 65.0 Å². The summed E-state index contributed by atoms with van der Waals surface area (Å²) in [6.07, 6.45) is 1.25. The summed E-state index contributed by atoms with van der Waals surface area (Å²) in [7, 11) is 0. The molecule has 0 bridgehead atoms. The number of ketones is 1. The number of carbonyl (C=O) groups is 2. The first kappa shape index (κ1) is 16.8. The van der Waals surface area contributed by atoms with Gasteiger partial charge in [0.05, 0.1) is 11.1 Å². The number of quaternary nitrogens is 1. The van der Waals surface area contributed by atoms with Crippen LogP contribution in [-0.2, 0) is 6.54 Å². The molecule has 23 heavy (non-hydrogen) atoms. The number of carboxylic acids is 1. The Hall–Kier alpha value is -2.57. The lowest BCUT2D eigenvalue weighted by atomic mass is 10.1. The second-order valence-electron chi connectivity index (χ2n) is 4.91. The minimum absolute atomic E-state index is 0. The SMILES string of the molecule is O=C(O)c1cc(C[NH+]2N=CC(=O)c3ccccc32)ccc1F.[Cl-]. The van der Waals surface area contributed by atoms with Gasteiger partial charge in [-0.05, 0) is 18.2 Å². The first-order valence-corrected chi connectivity index (χ1v) is 6.61. The van der Waals surface area contributed by atoms with E-state index in [1.807, 2.05) is 0 Å². The molecule has 0 amide bonds. The maximum absolute atomic E-state index is 13.4. The molecule has 7 heteroatoms. The fourth-order valence-electron chi connectivity index (χ4n) is 2.41. The van der Waals surface area contributed by atoms with Crippen molar-refractivity contribution in [3.63, 3.8) is 0 Å². The third-order valence-corrected chi connectivity index (χ3v) is 3.47. The highest BCUT2D eigenvalue weighted by molar-refractivity contribution is 6.36. The number of carbonyl (C=O) groups excluding carboxylic acids is 1. The molecule has 1 unspecified atom stereocenters. The van der Waals surface area contributed by atoms with Crippen LogP contribution >= 0.6 is 0 Å². The largest absolute Gasteiger partial charge is 1.00 e. The molecule has 2 aromatic carbocycles. The fourth-order valence-corrected chi connectivity index (χ4v) is 2.41. The topological polar surface area (TPSA) is 71.2 Å². The van der Waals surface area contributed by atoms with Crippen molar-refractivity contribution in [1.29, 1.82) is 0 Å². The number of nitrogens with zero attached hydrogens (tertiary/aromatic N) is 1. The first-order chi connectivity index (χ1) is 10.6. The molecule has 1 aliphatic heterocycles. The van der Waals surface area contributed by atoms with Gasteiger partial charge in [-0.3, -0.25) is 4.79 Å². The molecule has 0 radical (unpaired) electrons. The number of carboxylic acid groups (broad SMARTS) is 1. The number of hydrogen-bond acceptors (Lipinski definition) is 3. The van der Waals surface area contributed by atoms with Crippen molar-refractivity contribution in [2.75, 3.05) is 0 Å². The number of rotatable bonds is 3. The Labute approximate surface area is 137 Å². The van der Waals surface area contributed by atoms with E-state index in [1.165, 1.54) is 18.3 Å². The molecule has 1 heterocycles. The number of halogens is 2. The molecule has 0 saturated carbocycles. The van der Waals surface area contributed by atoms with Crippen molar-refractivity contribution in [3.8, 4) is 0 Å². The highest BCUT2D eigenvalue weighted by atomic mass is 35.5. The van der Waals surface area contributed by atoms with E-state index in [4.69, 9.17) is 5.11 Å². The first-order valence-electron chi connectivity index (χ1n) is 6.61. The summed E-state index contributed by atoms with van der Waals surface area (Å²) in [6.45, 7) is 0.321. The second-order valence-corrected chi connectivity index (χ2v) is 4.91. The lowest BCUT2D eigenvalue weighted by molar-refractivity contribution is -0.854. The van der Waals surface area contributed by atoms with Crippen LogP contribution in [0.4, 0.5) is 10.1 Å². The summed E-state index contributed by atoms with van der Waals surface area (Å²) in [5, 5.41) is 13.8. The average Bonchev–Trinajstić information content (AvgIpc) is 2.52. The van der Waals surface area contributed by atoms with Gasteiger partial charge in [0.1, 0.15) is 18.6 Å². The van der Waals surface area contributed by atoms with Crippen LogP contribution in [0.3, 0.4) is 0 Å². The standard InChI is InChI=1S/C16H11FN2O3.ClH/c17-13-6-5-10(7-12(13)16(21)22)9-19-14-4-2-1-3-11(14)15(20)8-18-19;/h1-8H,9H2,(H,21,22);1H. The van der Waals surface area contributed by atoms with Gasteiger partial charge in [0.2, 0.25) is 5.78 Å². The highest BCUT2D eigenvalue weighted by Crippen LogP contribution is 2.15. The van der Waals surface area contributed by atoms with Crippen LogP contribution in [0.5, 0.6) is 0 Å². The Morgan fingerprint density at radius 1 is 1.22 bits per heavy atom. The third kappa shape index (κ3) is 3.28. The predicted octanol–water partition coefficient (Wildman–Crippen LogP) is -1.57.